The van der Waals surface area contributed by atoms with E-state index in [-0.39, 0.29) is 0 Å². The molecule has 0 aliphatic heterocycles. The lowest BCUT2D eigenvalue weighted by Gasteiger charge is -2.02. The van der Waals surface area contributed by atoms with Crippen LogP contribution < -0.4 is 0 Å². The maximum atomic E-state index is 5.16. The predicted octanol–water partition coefficient (Wildman–Crippen LogP) is 0.874. The van der Waals surface area contributed by atoms with Crippen molar-refractivity contribution in [1.82, 2.24) is 29.5 Å². The number of hydrogen-bond acceptors (Lipinski definition) is 4. The topological polar surface area (TPSA) is 64.3 Å². The average Bonchev–Trinajstić information content (AvgIpc) is 2.82. The third-order valence-corrected chi connectivity index (χ3v) is 2.67. The van der Waals surface area contributed by atoms with Crippen molar-refractivity contribution in [3.05, 3.63) is 22.7 Å². The third-order valence-electron chi connectivity index (χ3n) is 2.36. The van der Waals surface area contributed by atoms with Crippen LogP contribution in [0.1, 0.15) is 18.6 Å². The molecule has 2 aromatic rings. The highest BCUT2D eigenvalue weighted by Gasteiger charge is 2.05. The highest BCUT2D eigenvalue weighted by molar-refractivity contribution is 7.71. The van der Waals surface area contributed by atoms with Gasteiger partial charge in [-0.25, -0.2) is 4.98 Å². The van der Waals surface area contributed by atoms with Crippen molar-refractivity contribution in [3.63, 3.8) is 0 Å². The Morgan fingerprint density at radius 3 is 2.94 bits per heavy atom. The molecule has 0 aromatic carbocycles. The summed E-state index contributed by atoms with van der Waals surface area (Å²) in [5.41, 5.74) is 0. The van der Waals surface area contributed by atoms with E-state index in [1.54, 1.807) is 11.0 Å². The lowest BCUT2D eigenvalue weighted by molar-refractivity contribution is 0.625. The standard InChI is InChI=1S/C9H14N6S/c1-3-8-11-12-9(16)15(8)5-4-7-10-6-14(2)13-7/h6H,3-5H2,1-2H3,(H,12,16). The van der Waals surface area contributed by atoms with Gasteiger partial charge in [0, 0.05) is 26.4 Å². The van der Waals surface area contributed by atoms with Gasteiger partial charge in [0.2, 0.25) is 0 Å². The van der Waals surface area contributed by atoms with E-state index >= 15 is 0 Å². The van der Waals surface area contributed by atoms with E-state index < -0.39 is 0 Å². The molecular weight excluding hydrogens is 224 g/mol. The molecule has 0 spiro atoms. The summed E-state index contributed by atoms with van der Waals surface area (Å²) in [6.45, 7) is 2.82. The smallest absolute Gasteiger partial charge is 0.195 e. The van der Waals surface area contributed by atoms with Gasteiger partial charge in [0.15, 0.2) is 10.6 Å². The summed E-state index contributed by atoms with van der Waals surface area (Å²) in [4.78, 5) is 4.17. The summed E-state index contributed by atoms with van der Waals surface area (Å²) in [5.74, 6) is 1.80. The summed E-state index contributed by atoms with van der Waals surface area (Å²) in [7, 11) is 1.86. The van der Waals surface area contributed by atoms with Crippen molar-refractivity contribution >= 4 is 12.2 Å². The highest BCUT2D eigenvalue weighted by Crippen LogP contribution is 2.01. The largest absolute Gasteiger partial charge is 0.304 e. The molecule has 0 aliphatic rings. The number of aromatic nitrogens is 6. The van der Waals surface area contributed by atoms with Crippen molar-refractivity contribution in [2.75, 3.05) is 0 Å². The van der Waals surface area contributed by atoms with E-state index in [1.165, 1.54) is 0 Å². The van der Waals surface area contributed by atoms with Crippen LogP contribution in [0.25, 0.3) is 0 Å². The van der Waals surface area contributed by atoms with Gasteiger partial charge in [-0.3, -0.25) is 9.78 Å². The molecule has 2 aromatic heterocycles. The van der Waals surface area contributed by atoms with E-state index in [0.717, 1.165) is 31.0 Å². The van der Waals surface area contributed by atoms with Crippen LogP contribution in [0, 0.1) is 4.77 Å². The van der Waals surface area contributed by atoms with E-state index in [0.29, 0.717) is 4.77 Å². The summed E-state index contributed by atoms with van der Waals surface area (Å²) in [6, 6.07) is 0. The Kier molecular flexibility index (Phi) is 3.14. The van der Waals surface area contributed by atoms with Gasteiger partial charge in [0.25, 0.3) is 0 Å². The van der Waals surface area contributed by atoms with Crippen LogP contribution in [-0.2, 0) is 26.4 Å². The molecule has 2 heterocycles. The van der Waals surface area contributed by atoms with Crippen LogP contribution in [0.4, 0.5) is 0 Å². The second kappa shape index (κ2) is 4.56. The Balaban J connectivity index is 2.09. The van der Waals surface area contributed by atoms with Crippen molar-refractivity contribution in [2.24, 2.45) is 7.05 Å². The van der Waals surface area contributed by atoms with E-state index in [4.69, 9.17) is 12.2 Å². The number of rotatable bonds is 4. The first-order valence-corrected chi connectivity index (χ1v) is 5.60. The van der Waals surface area contributed by atoms with E-state index in [9.17, 15) is 0 Å². The van der Waals surface area contributed by atoms with E-state index in [1.807, 2.05) is 11.6 Å². The SMILES string of the molecule is CCc1n[nH]c(=S)n1CCc1ncn(C)n1. The summed E-state index contributed by atoms with van der Waals surface area (Å²) in [6.07, 6.45) is 3.33. The molecule has 6 nitrogen and oxygen atoms in total. The minimum absolute atomic E-state index is 0.660. The Morgan fingerprint density at radius 2 is 2.31 bits per heavy atom. The van der Waals surface area contributed by atoms with E-state index in [2.05, 4.69) is 27.2 Å². The van der Waals surface area contributed by atoms with Gasteiger partial charge in [-0.05, 0) is 12.2 Å². The van der Waals surface area contributed by atoms with Crippen LogP contribution in [0.3, 0.4) is 0 Å². The minimum atomic E-state index is 0.660. The van der Waals surface area contributed by atoms with Crippen molar-refractivity contribution in [2.45, 2.75) is 26.3 Å². The Bertz CT molecular complexity index is 522. The van der Waals surface area contributed by atoms with Gasteiger partial charge >= 0.3 is 0 Å². The van der Waals surface area contributed by atoms with Crippen LogP contribution in [0.5, 0.6) is 0 Å². The average molecular weight is 238 g/mol. The second-order valence-corrected chi connectivity index (χ2v) is 3.92. The van der Waals surface area contributed by atoms with Gasteiger partial charge in [-0.1, -0.05) is 6.92 Å². The molecule has 0 unspecified atom stereocenters. The summed E-state index contributed by atoms with van der Waals surface area (Å²) in [5, 5.41) is 11.2. The van der Waals surface area contributed by atoms with Crippen molar-refractivity contribution in [1.29, 1.82) is 0 Å². The zero-order valence-electron chi connectivity index (χ0n) is 9.34. The molecule has 0 bridgehead atoms. The fourth-order valence-electron chi connectivity index (χ4n) is 1.56. The lowest BCUT2D eigenvalue weighted by Crippen LogP contribution is -2.07. The molecule has 0 atom stereocenters. The molecule has 7 heteroatoms. The molecule has 0 fully saturated rings. The van der Waals surface area contributed by atoms with Gasteiger partial charge in [0.1, 0.15) is 12.2 Å². The fraction of sp³-hybridized carbons (Fsp3) is 0.556. The fourth-order valence-corrected chi connectivity index (χ4v) is 1.80. The maximum absolute atomic E-state index is 5.16. The van der Waals surface area contributed by atoms with Gasteiger partial charge in [0.05, 0.1) is 0 Å². The molecule has 0 aliphatic carbocycles. The Morgan fingerprint density at radius 1 is 1.50 bits per heavy atom. The number of nitrogens with zero attached hydrogens (tertiary/aromatic N) is 5. The Labute approximate surface area is 98.3 Å². The van der Waals surface area contributed by atoms with Crippen LogP contribution in [0.2, 0.25) is 0 Å². The normalized spacial score (nSPS) is 10.9. The molecule has 0 radical (unpaired) electrons. The quantitative estimate of drug-likeness (QED) is 0.803. The second-order valence-electron chi connectivity index (χ2n) is 3.53. The monoisotopic (exact) mass is 238 g/mol. The maximum Gasteiger partial charge on any atom is 0.195 e. The van der Waals surface area contributed by atoms with Crippen molar-refractivity contribution in [3.8, 4) is 0 Å². The summed E-state index contributed by atoms with van der Waals surface area (Å²) >= 11 is 5.16. The molecule has 0 saturated heterocycles. The molecule has 1 N–H and O–H groups in total. The Hall–Kier alpha value is -1.50. The first kappa shape index (κ1) is 11.0. The number of hydrogen-bond donors (Lipinski definition) is 1. The van der Waals surface area contributed by atoms with Gasteiger partial charge < -0.3 is 4.57 Å². The number of H-pyrrole nitrogens is 1. The van der Waals surface area contributed by atoms with Crippen molar-refractivity contribution < 1.29 is 0 Å². The molecule has 0 amide bonds. The molecule has 2 rings (SSSR count). The zero-order valence-corrected chi connectivity index (χ0v) is 10.2. The molecule has 16 heavy (non-hydrogen) atoms. The van der Waals surface area contributed by atoms with Crippen LogP contribution in [-0.4, -0.2) is 29.5 Å². The number of nitrogens with one attached hydrogen (secondary N) is 1. The highest BCUT2D eigenvalue weighted by atomic mass is 32.1. The minimum Gasteiger partial charge on any atom is -0.304 e. The molecule has 0 saturated carbocycles. The van der Waals surface area contributed by atoms with Gasteiger partial charge in [-0.2, -0.15) is 10.2 Å². The number of aryl methyl sites for hydroxylation is 3. The predicted molar refractivity (Wildman–Crippen MR) is 61.5 cm³/mol. The lowest BCUT2D eigenvalue weighted by atomic mass is 10.4. The van der Waals surface area contributed by atoms with Crippen LogP contribution in [0.15, 0.2) is 6.33 Å². The molecule has 86 valence electrons. The first-order valence-electron chi connectivity index (χ1n) is 5.19. The summed E-state index contributed by atoms with van der Waals surface area (Å²) < 4.78 is 4.35. The van der Waals surface area contributed by atoms with Gasteiger partial charge in [-0.15, -0.1) is 0 Å². The third kappa shape index (κ3) is 2.19. The van der Waals surface area contributed by atoms with Crippen LogP contribution >= 0.6 is 12.2 Å². The number of aromatic amines is 1. The zero-order chi connectivity index (χ0) is 11.5. The first-order chi connectivity index (χ1) is 7.70. The molecular formula is C9H14N6S.